The Bertz CT molecular complexity index is 277. The minimum Gasteiger partial charge on any atom is -0.259 e. The molecule has 1 fully saturated rings. The molecular formula is C6H8N2O3S2. The van der Waals surface area contributed by atoms with Gasteiger partial charge >= 0.3 is 0 Å². The lowest BCUT2D eigenvalue weighted by Gasteiger charge is -2.16. The van der Waals surface area contributed by atoms with Gasteiger partial charge in [0.05, 0.1) is 9.67 Å². The Kier molecular flexibility index (Phi) is 2.97. The lowest BCUT2D eigenvalue weighted by Crippen LogP contribution is -2.22. The number of nitroso groups, excluding NO2 is 1. The van der Waals surface area contributed by atoms with E-state index in [0.717, 1.165) is 18.0 Å². The van der Waals surface area contributed by atoms with E-state index in [9.17, 15) is 15.0 Å². The highest BCUT2D eigenvalue weighted by molar-refractivity contribution is 8.26. The van der Waals surface area contributed by atoms with Crippen molar-refractivity contribution in [3.05, 3.63) is 25.5 Å². The molecule has 72 valence electrons. The molecular weight excluding hydrogens is 212 g/mol. The van der Waals surface area contributed by atoms with Crippen molar-refractivity contribution in [1.82, 2.24) is 0 Å². The molecule has 0 saturated carbocycles. The first kappa shape index (κ1) is 10.5. The summed E-state index contributed by atoms with van der Waals surface area (Å²) < 4.78 is 0.188. The second-order valence-corrected chi connectivity index (χ2v) is 6.09. The average Bonchev–Trinajstić information content (AvgIpc) is 2.23. The van der Waals surface area contributed by atoms with Crippen LogP contribution in [-0.2, 0) is 0 Å². The van der Waals surface area contributed by atoms with Gasteiger partial charge in [0.15, 0.2) is 5.37 Å². The molecule has 5 nitrogen and oxygen atoms in total. The summed E-state index contributed by atoms with van der Waals surface area (Å²) in [5.74, 6) is 0. The lowest BCUT2D eigenvalue weighted by atomic mass is 10.2. The molecule has 1 atom stereocenters. The molecule has 1 unspecified atom stereocenters. The van der Waals surface area contributed by atoms with Crippen molar-refractivity contribution in [3.63, 3.8) is 0 Å². The number of thioether (sulfide) groups is 2. The van der Waals surface area contributed by atoms with Crippen LogP contribution in [0.1, 0.15) is 13.8 Å². The fourth-order valence-electron chi connectivity index (χ4n) is 0.877. The zero-order chi connectivity index (χ0) is 10.1. The van der Waals surface area contributed by atoms with E-state index in [2.05, 4.69) is 5.18 Å². The van der Waals surface area contributed by atoms with Crippen LogP contribution in [0.5, 0.6) is 0 Å². The van der Waals surface area contributed by atoms with Gasteiger partial charge in [-0.15, -0.1) is 16.7 Å². The second-order valence-electron chi connectivity index (χ2n) is 3.01. The summed E-state index contributed by atoms with van der Waals surface area (Å²) in [4.78, 5) is 20.0. The molecule has 0 aromatic carbocycles. The predicted molar refractivity (Wildman–Crippen MR) is 53.9 cm³/mol. The monoisotopic (exact) mass is 220 g/mol. The van der Waals surface area contributed by atoms with Crippen molar-refractivity contribution in [2.75, 3.05) is 0 Å². The Hall–Kier alpha value is -0.560. The van der Waals surface area contributed by atoms with Crippen LogP contribution >= 0.6 is 23.5 Å². The second kappa shape index (κ2) is 3.67. The fraction of sp³-hybridized carbons (Fsp3) is 0.667. The average molecular weight is 220 g/mol. The first-order valence-corrected chi connectivity index (χ1v) is 5.19. The van der Waals surface area contributed by atoms with Crippen molar-refractivity contribution in [2.45, 2.75) is 24.0 Å². The van der Waals surface area contributed by atoms with Crippen LogP contribution in [0.25, 0.3) is 0 Å². The third-order valence-electron chi connectivity index (χ3n) is 1.49. The summed E-state index contributed by atoms with van der Waals surface area (Å²) in [7, 11) is 0. The summed E-state index contributed by atoms with van der Waals surface area (Å²) in [6.45, 7) is 3.69. The van der Waals surface area contributed by atoms with Crippen molar-refractivity contribution in [2.24, 2.45) is 5.18 Å². The van der Waals surface area contributed by atoms with Gasteiger partial charge in [0.2, 0.25) is 0 Å². The SMILES string of the molecule is CC1(C)SC(=C[N+](=O)[O-])SC1N=O. The molecule has 1 saturated heterocycles. The molecule has 1 aliphatic rings. The van der Waals surface area contributed by atoms with Crippen molar-refractivity contribution < 1.29 is 4.92 Å². The third kappa shape index (κ3) is 2.44. The molecule has 13 heavy (non-hydrogen) atoms. The van der Waals surface area contributed by atoms with Gasteiger partial charge in [0.1, 0.15) is 4.24 Å². The molecule has 0 aromatic rings. The molecule has 0 amide bonds. The maximum absolute atomic E-state index is 10.4. The lowest BCUT2D eigenvalue weighted by molar-refractivity contribution is -0.402. The summed E-state index contributed by atoms with van der Waals surface area (Å²) in [6, 6.07) is 0. The minimum atomic E-state index is -0.515. The molecule has 0 aromatic heterocycles. The van der Waals surface area contributed by atoms with Gasteiger partial charge < -0.3 is 0 Å². The zero-order valence-electron chi connectivity index (χ0n) is 7.09. The Morgan fingerprint density at radius 2 is 2.31 bits per heavy atom. The molecule has 1 aliphatic heterocycles. The van der Waals surface area contributed by atoms with Crippen LogP contribution in [0.3, 0.4) is 0 Å². The van der Waals surface area contributed by atoms with Crippen LogP contribution in [0.4, 0.5) is 0 Å². The molecule has 0 bridgehead atoms. The minimum absolute atomic E-state index is 0.353. The number of nitro groups is 1. The van der Waals surface area contributed by atoms with E-state index in [1.165, 1.54) is 11.8 Å². The van der Waals surface area contributed by atoms with Gasteiger partial charge in [-0.05, 0) is 13.8 Å². The van der Waals surface area contributed by atoms with Gasteiger partial charge in [-0.25, -0.2) is 0 Å². The van der Waals surface area contributed by atoms with Gasteiger partial charge in [-0.3, -0.25) is 10.1 Å². The van der Waals surface area contributed by atoms with Crippen LogP contribution in [-0.4, -0.2) is 15.0 Å². The summed E-state index contributed by atoms with van der Waals surface area (Å²) in [5.41, 5.74) is 0. The summed E-state index contributed by atoms with van der Waals surface area (Å²) >= 11 is 2.47. The first-order valence-electron chi connectivity index (χ1n) is 3.49. The van der Waals surface area contributed by atoms with Crippen LogP contribution in [0, 0.1) is 15.0 Å². The third-order valence-corrected chi connectivity index (χ3v) is 4.47. The number of rotatable bonds is 2. The van der Waals surface area contributed by atoms with E-state index in [-0.39, 0.29) is 4.75 Å². The molecule has 7 heteroatoms. The van der Waals surface area contributed by atoms with E-state index in [0.29, 0.717) is 4.24 Å². The zero-order valence-corrected chi connectivity index (χ0v) is 8.72. The predicted octanol–water partition coefficient (Wildman–Crippen LogP) is 2.41. The fourth-order valence-corrected chi connectivity index (χ4v) is 3.77. The Morgan fingerprint density at radius 3 is 2.69 bits per heavy atom. The standard InChI is InChI=1S/C6H8N2O3S2/c1-6(2)5(7-9)12-4(13-6)3-8(10)11/h3,5H,1-2H3. The van der Waals surface area contributed by atoms with Gasteiger partial charge in [-0.1, -0.05) is 16.9 Å². The molecule has 1 heterocycles. The highest BCUT2D eigenvalue weighted by Gasteiger charge is 2.41. The molecule has 0 radical (unpaired) electrons. The smallest absolute Gasteiger partial charge is 0.254 e. The number of hydrogen-bond acceptors (Lipinski definition) is 6. The molecule has 0 spiro atoms. The van der Waals surface area contributed by atoms with Crippen molar-refractivity contribution >= 4 is 23.5 Å². The number of nitrogens with zero attached hydrogens (tertiary/aromatic N) is 2. The van der Waals surface area contributed by atoms with Crippen LogP contribution in [0.2, 0.25) is 0 Å². The largest absolute Gasteiger partial charge is 0.259 e. The molecule has 0 aliphatic carbocycles. The Morgan fingerprint density at radius 1 is 1.69 bits per heavy atom. The van der Waals surface area contributed by atoms with Crippen LogP contribution in [0.15, 0.2) is 15.6 Å². The Labute approximate surface area is 83.5 Å². The highest BCUT2D eigenvalue weighted by atomic mass is 32.2. The summed E-state index contributed by atoms with van der Waals surface area (Å²) in [5, 5.41) is 12.6. The van der Waals surface area contributed by atoms with E-state index in [1.807, 2.05) is 13.8 Å². The topological polar surface area (TPSA) is 72.6 Å². The van der Waals surface area contributed by atoms with E-state index < -0.39 is 10.3 Å². The van der Waals surface area contributed by atoms with Crippen molar-refractivity contribution in [3.8, 4) is 0 Å². The van der Waals surface area contributed by atoms with Gasteiger partial charge in [-0.2, -0.15) is 0 Å². The first-order chi connectivity index (χ1) is 5.95. The highest BCUT2D eigenvalue weighted by Crippen LogP contribution is 2.53. The van der Waals surface area contributed by atoms with E-state index >= 15 is 0 Å². The van der Waals surface area contributed by atoms with Crippen molar-refractivity contribution in [1.29, 1.82) is 0 Å². The maximum Gasteiger partial charge on any atom is 0.254 e. The molecule has 1 rings (SSSR count). The van der Waals surface area contributed by atoms with E-state index in [1.54, 1.807) is 0 Å². The van der Waals surface area contributed by atoms with Gasteiger partial charge in [0, 0.05) is 0 Å². The van der Waals surface area contributed by atoms with E-state index in [4.69, 9.17) is 0 Å². The maximum atomic E-state index is 10.4. The number of hydrogen-bond donors (Lipinski definition) is 0. The van der Waals surface area contributed by atoms with Gasteiger partial charge in [0.25, 0.3) is 6.20 Å². The molecule has 0 N–H and O–H groups in total. The van der Waals surface area contributed by atoms with Crippen LogP contribution < -0.4 is 0 Å². The quantitative estimate of drug-likeness (QED) is 0.406. The summed E-state index contributed by atoms with van der Waals surface area (Å²) in [6.07, 6.45) is 0.919. The normalized spacial score (nSPS) is 29.1. The Balaban J connectivity index is 2.80.